The molecule has 0 aliphatic rings. The van der Waals surface area contributed by atoms with E-state index in [1.54, 1.807) is 30.6 Å². The molecule has 0 unspecified atom stereocenters. The number of hydrogen-bond acceptors (Lipinski definition) is 4. The second-order valence-electron chi connectivity index (χ2n) is 5.25. The van der Waals surface area contributed by atoms with Gasteiger partial charge in [-0.1, -0.05) is 29.8 Å². The molecule has 2 rings (SSSR count). The second kappa shape index (κ2) is 8.23. The first-order chi connectivity index (χ1) is 11.3. The molecule has 0 saturated heterocycles. The predicted molar refractivity (Wildman–Crippen MR) is 93.1 cm³/mol. The Morgan fingerprint density at radius 1 is 1.21 bits per heavy atom. The Hall–Kier alpha value is -1.96. The zero-order chi connectivity index (χ0) is 17.6. The smallest absolute Gasteiger partial charge is 0.222 e. The van der Waals surface area contributed by atoms with Crippen molar-refractivity contribution in [3.63, 3.8) is 0 Å². The summed E-state index contributed by atoms with van der Waals surface area (Å²) in [7, 11) is -3.31. The van der Waals surface area contributed by atoms with Crippen molar-refractivity contribution in [2.75, 3.05) is 12.8 Å². The van der Waals surface area contributed by atoms with E-state index in [1.807, 2.05) is 18.2 Å². The quantitative estimate of drug-likeness (QED) is 0.782. The van der Waals surface area contributed by atoms with Crippen LogP contribution < -0.4 is 10.0 Å². The molecule has 128 valence electrons. The molecule has 1 aromatic carbocycles. The largest absolute Gasteiger partial charge is 0.345 e. The number of benzene rings is 1. The van der Waals surface area contributed by atoms with Gasteiger partial charge < -0.3 is 5.32 Å². The van der Waals surface area contributed by atoms with Gasteiger partial charge in [-0.25, -0.2) is 13.1 Å². The lowest BCUT2D eigenvalue weighted by Crippen LogP contribution is -2.33. The summed E-state index contributed by atoms with van der Waals surface area (Å²) in [6.07, 6.45) is 4.42. The molecule has 1 heterocycles. The van der Waals surface area contributed by atoms with Crippen LogP contribution in [-0.4, -0.2) is 32.1 Å². The molecule has 1 aromatic heterocycles. The highest BCUT2D eigenvalue weighted by Crippen LogP contribution is 2.23. The van der Waals surface area contributed by atoms with Gasteiger partial charge in [0.15, 0.2) is 0 Å². The Balaban J connectivity index is 2.12. The summed E-state index contributed by atoms with van der Waals surface area (Å²) in [4.78, 5) is 16.2. The van der Waals surface area contributed by atoms with Gasteiger partial charge in [0.25, 0.3) is 0 Å². The molecule has 0 spiro atoms. The van der Waals surface area contributed by atoms with Crippen molar-refractivity contribution < 1.29 is 13.2 Å². The molecule has 0 aliphatic heterocycles. The van der Waals surface area contributed by atoms with Crippen LogP contribution in [0, 0.1) is 0 Å². The van der Waals surface area contributed by atoms with E-state index in [0.29, 0.717) is 5.02 Å². The lowest BCUT2D eigenvalue weighted by Gasteiger charge is -2.19. The van der Waals surface area contributed by atoms with E-state index in [2.05, 4.69) is 15.0 Å². The first-order valence-electron chi connectivity index (χ1n) is 7.24. The molecule has 8 heteroatoms. The van der Waals surface area contributed by atoms with Gasteiger partial charge in [0.1, 0.15) is 0 Å². The Morgan fingerprint density at radius 2 is 1.92 bits per heavy atom. The van der Waals surface area contributed by atoms with Crippen molar-refractivity contribution in [1.29, 1.82) is 0 Å². The Morgan fingerprint density at radius 3 is 2.50 bits per heavy atom. The summed E-state index contributed by atoms with van der Waals surface area (Å²) in [5.41, 5.74) is 1.68. The van der Waals surface area contributed by atoms with Gasteiger partial charge in [0.05, 0.1) is 12.3 Å². The molecule has 6 nitrogen and oxygen atoms in total. The normalized spacial score (nSPS) is 12.6. The van der Waals surface area contributed by atoms with Crippen molar-refractivity contribution >= 4 is 27.5 Å². The Labute approximate surface area is 146 Å². The van der Waals surface area contributed by atoms with Crippen LogP contribution in [0.2, 0.25) is 5.02 Å². The lowest BCUT2D eigenvalue weighted by atomic mass is 10.00. The molecular weight excluding hydrogens is 350 g/mol. The van der Waals surface area contributed by atoms with Gasteiger partial charge in [0, 0.05) is 30.4 Å². The van der Waals surface area contributed by atoms with Crippen molar-refractivity contribution in [1.82, 2.24) is 15.0 Å². The minimum atomic E-state index is -3.31. The SMILES string of the molecule is CS(=O)(=O)NCCC(=O)N[C@@H](c1ccc(Cl)cc1)c1cccnc1. The van der Waals surface area contributed by atoms with Crippen LogP contribution in [0.15, 0.2) is 48.8 Å². The number of aromatic nitrogens is 1. The zero-order valence-corrected chi connectivity index (χ0v) is 14.6. The maximum atomic E-state index is 12.2. The molecule has 2 N–H and O–H groups in total. The summed E-state index contributed by atoms with van der Waals surface area (Å²) < 4.78 is 24.4. The predicted octanol–water partition coefficient (Wildman–Crippen LogP) is 1.88. The van der Waals surface area contributed by atoms with Gasteiger partial charge in [-0.15, -0.1) is 0 Å². The topological polar surface area (TPSA) is 88.2 Å². The minimum Gasteiger partial charge on any atom is -0.345 e. The number of nitrogens with zero attached hydrogens (tertiary/aromatic N) is 1. The highest BCUT2D eigenvalue weighted by molar-refractivity contribution is 7.88. The van der Waals surface area contributed by atoms with Gasteiger partial charge in [-0.05, 0) is 29.3 Å². The number of halogens is 1. The molecule has 0 bridgehead atoms. The van der Waals surface area contributed by atoms with E-state index in [1.165, 1.54) is 0 Å². The third kappa shape index (κ3) is 5.92. The van der Waals surface area contributed by atoms with Crippen LogP contribution >= 0.6 is 11.6 Å². The third-order valence-electron chi connectivity index (χ3n) is 3.24. The van der Waals surface area contributed by atoms with Gasteiger partial charge in [0.2, 0.25) is 15.9 Å². The third-order valence-corrected chi connectivity index (χ3v) is 4.22. The van der Waals surface area contributed by atoms with E-state index in [9.17, 15) is 13.2 Å². The first-order valence-corrected chi connectivity index (χ1v) is 9.51. The van der Waals surface area contributed by atoms with Crippen LogP contribution in [0.4, 0.5) is 0 Å². The van der Waals surface area contributed by atoms with E-state index in [0.717, 1.165) is 17.4 Å². The summed E-state index contributed by atoms with van der Waals surface area (Å²) in [5, 5.41) is 3.50. The molecule has 0 radical (unpaired) electrons. The van der Waals surface area contributed by atoms with Crippen molar-refractivity contribution in [3.05, 3.63) is 64.9 Å². The maximum Gasteiger partial charge on any atom is 0.222 e. The molecule has 0 saturated carbocycles. The van der Waals surface area contributed by atoms with Crippen molar-refractivity contribution in [2.45, 2.75) is 12.5 Å². The lowest BCUT2D eigenvalue weighted by molar-refractivity contribution is -0.121. The van der Waals surface area contributed by atoms with E-state index < -0.39 is 10.0 Å². The Kier molecular flexibility index (Phi) is 6.30. The van der Waals surface area contributed by atoms with E-state index in [-0.39, 0.29) is 24.9 Å². The number of pyridine rings is 1. The summed E-state index contributed by atoms with van der Waals surface area (Å²) in [6.45, 7) is 0.0467. The van der Waals surface area contributed by atoms with Crippen LogP contribution in [0.3, 0.4) is 0 Å². The fraction of sp³-hybridized carbons (Fsp3) is 0.250. The summed E-state index contributed by atoms with van der Waals surface area (Å²) >= 11 is 5.91. The molecule has 2 aromatic rings. The fourth-order valence-electron chi connectivity index (χ4n) is 2.14. The average Bonchev–Trinajstić information content (AvgIpc) is 2.53. The summed E-state index contributed by atoms with van der Waals surface area (Å²) in [5.74, 6) is -0.269. The molecule has 1 amide bonds. The fourth-order valence-corrected chi connectivity index (χ4v) is 2.74. The van der Waals surface area contributed by atoms with Gasteiger partial charge >= 0.3 is 0 Å². The molecule has 1 atom stereocenters. The van der Waals surface area contributed by atoms with Gasteiger partial charge in [-0.2, -0.15) is 0 Å². The summed E-state index contributed by atoms with van der Waals surface area (Å²) in [6, 6.07) is 10.4. The zero-order valence-electron chi connectivity index (χ0n) is 13.1. The van der Waals surface area contributed by atoms with Crippen LogP contribution in [0.1, 0.15) is 23.6 Å². The molecule has 24 heavy (non-hydrogen) atoms. The molecule has 0 fully saturated rings. The average molecular weight is 368 g/mol. The monoisotopic (exact) mass is 367 g/mol. The maximum absolute atomic E-state index is 12.2. The standard InChI is InChI=1S/C16H18ClN3O3S/c1-24(22,23)19-10-8-15(21)20-16(13-3-2-9-18-11-13)12-4-6-14(17)7-5-12/h2-7,9,11,16,19H,8,10H2,1H3,(H,20,21)/t16-/m0/s1. The second-order valence-corrected chi connectivity index (χ2v) is 7.52. The first kappa shape index (κ1) is 18.4. The van der Waals surface area contributed by atoms with E-state index in [4.69, 9.17) is 11.6 Å². The number of hydrogen-bond donors (Lipinski definition) is 2. The molecular formula is C16H18ClN3O3S. The number of carbonyl (C=O) groups excluding carboxylic acids is 1. The number of nitrogens with one attached hydrogen (secondary N) is 2. The van der Waals surface area contributed by atoms with Crippen LogP contribution in [0.25, 0.3) is 0 Å². The van der Waals surface area contributed by atoms with Crippen molar-refractivity contribution in [3.8, 4) is 0 Å². The van der Waals surface area contributed by atoms with Gasteiger partial charge in [-0.3, -0.25) is 9.78 Å². The number of amides is 1. The highest BCUT2D eigenvalue weighted by atomic mass is 35.5. The number of sulfonamides is 1. The van der Waals surface area contributed by atoms with Crippen molar-refractivity contribution in [2.24, 2.45) is 0 Å². The van der Waals surface area contributed by atoms with Crippen LogP contribution in [0.5, 0.6) is 0 Å². The van der Waals surface area contributed by atoms with E-state index >= 15 is 0 Å². The van der Waals surface area contributed by atoms with Crippen LogP contribution in [-0.2, 0) is 14.8 Å². The minimum absolute atomic E-state index is 0.0391. The molecule has 0 aliphatic carbocycles. The Bertz CT molecular complexity index is 780. The number of rotatable bonds is 7. The number of carbonyl (C=O) groups is 1. The highest BCUT2D eigenvalue weighted by Gasteiger charge is 2.17.